The van der Waals surface area contributed by atoms with Crippen LogP contribution < -0.4 is 0 Å². The molecule has 0 saturated heterocycles. The molecule has 0 aliphatic rings. The van der Waals surface area contributed by atoms with E-state index in [0.29, 0.717) is 5.69 Å². The Balaban J connectivity index is 2.73. The summed E-state index contributed by atoms with van der Waals surface area (Å²) in [6.07, 6.45) is 1.61. The SMILES string of the molecule is CCOC(=O)C(=O)Cc1ncc(C)cc1Br. The lowest BCUT2D eigenvalue weighted by Crippen LogP contribution is -2.20. The Bertz CT molecular complexity index is 418. The number of carbonyl (C=O) groups is 2. The standard InChI is InChI=1S/C11H12BrNO3/c1-3-16-11(15)10(14)5-9-8(12)4-7(2)6-13-9/h4,6H,3,5H2,1-2H3. The maximum Gasteiger partial charge on any atom is 0.375 e. The molecule has 1 heterocycles. The number of halogens is 1. The highest BCUT2D eigenvalue weighted by Crippen LogP contribution is 2.16. The summed E-state index contributed by atoms with van der Waals surface area (Å²) in [5, 5.41) is 0. The first-order valence-electron chi connectivity index (χ1n) is 4.85. The van der Waals surface area contributed by atoms with E-state index in [1.807, 2.05) is 13.0 Å². The highest BCUT2D eigenvalue weighted by Gasteiger charge is 2.17. The molecule has 0 spiro atoms. The molecule has 1 aromatic rings. The third-order valence-corrected chi connectivity index (χ3v) is 2.57. The van der Waals surface area contributed by atoms with E-state index >= 15 is 0 Å². The molecular weight excluding hydrogens is 274 g/mol. The lowest BCUT2D eigenvalue weighted by atomic mass is 10.2. The highest BCUT2D eigenvalue weighted by molar-refractivity contribution is 9.10. The van der Waals surface area contributed by atoms with Crippen LogP contribution in [0.1, 0.15) is 18.2 Å². The van der Waals surface area contributed by atoms with Crippen LogP contribution >= 0.6 is 15.9 Å². The molecule has 4 nitrogen and oxygen atoms in total. The Morgan fingerprint density at radius 1 is 1.50 bits per heavy atom. The number of Topliss-reactive ketones (excluding diaryl/α,β-unsaturated/α-hetero) is 1. The average Bonchev–Trinajstić information content (AvgIpc) is 2.22. The van der Waals surface area contributed by atoms with Crippen LogP contribution in [0.3, 0.4) is 0 Å². The molecular formula is C11H12BrNO3. The van der Waals surface area contributed by atoms with Gasteiger partial charge in [-0.1, -0.05) is 0 Å². The molecule has 0 aliphatic heterocycles. The normalized spacial score (nSPS) is 9.94. The zero-order chi connectivity index (χ0) is 12.1. The van der Waals surface area contributed by atoms with Crippen LogP contribution in [-0.2, 0) is 20.7 Å². The highest BCUT2D eigenvalue weighted by atomic mass is 79.9. The third-order valence-electron chi connectivity index (χ3n) is 1.89. The zero-order valence-corrected chi connectivity index (χ0v) is 10.7. The lowest BCUT2D eigenvalue weighted by molar-refractivity contribution is -0.153. The van der Waals surface area contributed by atoms with Crippen molar-refractivity contribution < 1.29 is 14.3 Å². The van der Waals surface area contributed by atoms with Gasteiger partial charge in [-0.05, 0) is 41.4 Å². The quantitative estimate of drug-likeness (QED) is 0.626. The van der Waals surface area contributed by atoms with E-state index in [9.17, 15) is 9.59 Å². The molecule has 0 atom stereocenters. The number of rotatable bonds is 4. The van der Waals surface area contributed by atoms with Gasteiger partial charge in [0.15, 0.2) is 0 Å². The second-order valence-electron chi connectivity index (χ2n) is 3.26. The number of aryl methyl sites for hydroxylation is 1. The molecule has 1 aromatic heterocycles. The number of pyridine rings is 1. The van der Waals surface area contributed by atoms with Crippen LogP contribution in [-0.4, -0.2) is 23.3 Å². The number of esters is 1. The minimum absolute atomic E-state index is 0.0420. The topological polar surface area (TPSA) is 56.3 Å². The number of aromatic nitrogens is 1. The minimum atomic E-state index is -0.809. The summed E-state index contributed by atoms with van der Waals surface area (Å²) < 4.78 is 5.33. The smallest absolute Gasteiger partial charge is 0.375 e. The predicted octanol–water partition coefficient (Wildman–Crippen LogP) is 1.83. The molecule has 16 heavy (non-hydrogen) atoms. The van der Waals surface area contributed by atoms with Gasteiger partial charge in [-0.15, -0.1) is 0 Å². The Morgan fingerprint density at radius 2 is 2.19 bits per heavy atom. The minimum Gasteiger partial charge on any atom is -0.460 e. The molecule has 0 amide bonds. The Labute approximate surface area is 102 Å². The van der Waals surface area contributed by atoms with E-state index in [2.05, 4.69) is 25.7 Å². The first kappa shape index (κ1) is 12.8. The van der Waals surface area contributed by atoms with Crippen LogP contribution in [0.5, 0.6) is 0 Å². The van der Waals surface area contributed by atoms with Gasteiger partial charge in [-0.3, -0.25) is 9.78 Å². The van der Waals surface area contributed by atoms with E-state index in [0.717, 1.165) is 10.0 Å². The molecule has 1 rings (SSSR count). The molecule has 0 fully saturated rings. The maximum atomic E-state index is 11.4. The van der Waals surface area contributed by atoms with Crippen LogP contribution in [0.15, 0.2) is 16.7 Å². The van der Waals surface area contributed by atoms with Gasteiger partial charge < -0.3 is 4.74 Å². The second-order valence-corrected chi connectivity index (χ2v) is 4.12. The van der Waals surface area contributed by atoms with Crippen LogP contribution in [0.2, 0.25) is 0 Å². The Morgan fingerprint density at radius 3 is 2.75 bits per heavy atom. The van der Waals surface area contributed by atoms with Gasteiger partial charge in [-0.25, -0.2) is 4.79 Å². The van der Waals surface area contributed by atoms with Crippen molar-refractivity contribution in [2.45, 2.75) is 20.3 Å². The largest absolute Gasteiger partial charge is 0.460 e. The van der Waals surface area contributed by atoms with Crippen molar-refractivity contribution in [1.82, 2.24) is 4.98 Å². The fourth-order valence-electron chi connectivity index (χ4n) is 1.13. The van der Waals surface area contributed by atoms with Crippen LogP contribution in [0.4, 0.5) is 0 Å². The third kappa shape index (κ3) is 3.41. The number of hydrogen-bond acceptors (Lipinski definition) is 4. The summed E-state index contributed by atoms with van der Waals surface area (Å²) in [5.74, 6) is -1.39. The Kier molecular flexibility index (Phi) is 4.61. The summed E-state index contributed by atoms with van der Waals surface area (Å²) in [6.45, 7) is 3.76. The van der Waals surface area contributed by atoms with Crippen molar-refractivity contribution in [3.8, 4) is 0 Å². The summed E-state index contributed by atoms with van der Waals surface area (Å²) in [7, 11) is 0. The molecule has 0 aromatic carbocycles. The van der Waals surface area contributed by atoms with Crippen molar-refractivity contribution in [3.63, 3.8) is 0 Å². The Hall–Kier alpha value is -1.23. The van der Waals surface area contributed by atoms with Gasteiger partial charge in [0.05, 0.1) is 18.7 Å². The van der Waals surface area contributed by atoms with Crippen molar-refractivity contribution >= 4 is 27.7 Å². The second kappa shape index (κ2) is 5.75. The number of carbonyl (C=O) groups excluding carboxylic acids is 2. The fraction of sp³-hybridized carbons (Fsp3) is 0.364. The monoisotopic (exact) mass is 285 g/mol. The van der Waals surface area contributed by atoms with Crippen molar-refractivity contribution in [2.75, 3.05) is 6.61 Å². The first-order chi connectivity index (χ1) is 7.54. The molecule has 0 saturated carbocycles. The van der Waals surface area contributed by atoms with Gasteiger partial charge in [0.25, 0.3) is 0 Å². The van der Waals surface area contributed by atoms with Crippen molar-refractivity contribution in [2.24, 2.45) is 0 Å². The van der Waals surface area contributed by atoms with Gasteiger partial charge in [0.2, 0.25) is 5.78 Å². The molecule has 0 aliphatic carbocycles. The molecule has 0 radical (unpaired) electrons. The molecule has 5 heteroatoms. The van der Waals surface area contributed by atoms with Gasteiger partial charge in [0.1, 0.15) is 0 Å². The van der Waals surface area contributed by atoms with E-state index in [4.69, 9.17) is 0 Å². The number of ketones is 1. The summed E-state index contributed by atoms with van der Waals surface area (Å²) in [6, 6.07) is 1.85. The number of hydrogen-bond donors (Lipinski definition) is 0. The van der Waals surface area contributed by atoms with Crippen LogP contribution in [0.25, 0.3) is 0 Å². The maximum absolute atomic E-state index is 11.4. The molecule has 0 unspecified atom stereocenters. The van der Waals surface area contributed by atoms with Crippen molar-refractivity contribution in [3.05, 3.63) is 28.0 Å². The van der Waals surface area contributed by atoms with Gasteiger partial charge in [0, 0.05) is 10.7 Å². The van der Waals surface area contributed by atoms with Gasteiger partial charge in [-0.2, -0.15) is 0 Å². The first-order valence-corrected chi connectivity index (χ1v) is 5.65. The van der Waals surface area contributed by atoms with E-state index in [-0.39, 0.29) is 13.0 Å². The summed E-state index contributed by atoms with van der Waals surface area (Å²) >= 11 is 3.30. The van der Waals surface area contributed by atoms with Crippen molar-refractivity contribution in [1.29, 1.82) is 0 Å². The lowest BCUT2D eigenvalue weighted by Gasteiger charge is -2.03. The van der Waals surface area contributed by atoms with E-state index in [1.165, 1.54) is 0 Å². The summed E-state index contributed by atoms with van der Waals surface area (Å²) in [5.41, 5.74) is 1.53. The molecule has 0 bridgehead atoms. The van der Waals surface area contributed by atoms with E-state index < -0.39 is 11.8 Å². The van der Waals surface area contributed by atoms with Gasteiger partial charge >= 0.3 is 5.97 Å². The average molecular weight is 286 g/mol. The predicted molar refractivity (Wildman–Crippen MR) is 62.0 cm³/mol. The fourth-order valence-corrected chi connectivity index (χ4v) is 1.73. The van der Waals surface area contributed by atoms with E-state index in [1.54, 1.807) is 13.1 Å². The zero-order valence-electron chi connectivity index (χ0n) is 9.12. The number of ether oxygens (including phenoxy) is 1. The summed E-state index contributed by atoms with van der Waals surface area (Å²) in [4.78, 5) is 26.6. The molecule has 0 N–H and O–H groups in total. The van der Waals surface area contributed by atoms with Crippen LogP contribution in [0, 0.1) is 6.92 Å². The number of nitrogens with zero attached hydrogens (tertiary/aromatic N) is 1. The molecule has 86 valence electrons.